The summed E-state index contributed by atoms with van der Waals surface area (Å²) in [5, 5.41) is 16.8. The molecule has 3 N–H and O–H groups in total. The lowest BCUT2D eigenvalue weighted by molar-refractivity contribution is -0.686. The van der Waals surface area contributed by atoms with Gasteiger partial charge < -0.3 is 15.3 Å². The molecule has 2 saturated heterocycles. The first kappa shape index (κ1) is 24.5. The van der Waals surface area contributed by atoms with E-state index in [9.17, 15) is 28.3 Å². The number of hydrogen-bond donors (Lipinski definition) is 3. The van der Waals surface area contributed by atoms with E-state index in [-0.39, 0.29) is 36.3 Å². The van der Waals surface area contributed by atoms with Gasteiger partial charge in [-0.25, -0.2) is 18.7 Å². The van der Waals surface area contributed by atoms with Crippen LogP contribution in [0, 0.1) is 12.8 Å². The quantitative estimate of drug-likeness (QED) is 0.414. The minimum Gasteiger partial charge on any atom is -0.477 e. The second-order valence-corrected chi connectivity index (χ2v) is 10.8. The fourth-order valence-electron chi connectivity index (χ4n) is 5.58. The molecule has 0 spiro atoms. The Bertz CT molecular complexity index is 1310. The number of fused-ring (bicyclic) bond motifs is 3. The highest BCUT2D eigenvalue weighted by Gasteiger charge is 2.50. The van der Waals surface area contributed by atoms with Crippen LogP contribution >= 0.6 is 0 Å². The van der Waals surface area contributed by atoms with Crippen LogP contribution in [0.3, 0.4) is 0 Å². The van der Waals surface area contributed by atoms with Gasteiger partial charge in [-0.15, -0.1) is 0 Å². The van der Waals surface area contributed by atoms with E-state index in [1.807, 2.05) is 13.8 Å². The van der Waals surface area contributed by atoms with E-state index in [0.29, 0.717) is 36.3 Å². The van der Waals surface area contributed by atoms with E-state index in [1.54, 1.807) is 17.9 Å². The number of aromatic nitrogens is 3. The first-order valence-electron chi connectivity index (χ1n) is 12.6. The van der Waals surface area contributed by atoms with Crippen LogP contribution in [-0.2, 0) is 11.3 Å². The molecule has 2 unspecified atom stereocenters. The monoisotopic (exact) mass is 504 g/mol. The van der Waals surface area contributed by atoms with Crippen LogP contribution in [0.25, 0.3) is 11.7 Å². The molecule has 194 valence electrons. The largest absolute Gasteiger partial charge is 0.477 e. The van der Waals surface area contributed by atoms with Crippen LogP contribution in [-0.4, -0.2) is 55.5 Å². The number of carbonyl (C=O) groups excluding carboxylic acids is 2. The first-order chi connectivity index (χ1) is 17.0. The van der Waals surface area contributed by atoms with Crippen LogP contribution in [0.5, 0.6) is 5.88 Å². The number of aromatic amines is 1. The molecule has 3 aliphatic rings. The van der Waals surface area contributed by atoms with Gasteiger partial charge in [0.15, 0.2) is 0 Å². The molecular formula is C25H32F2N5O4+. The van der Waals surface area contributed by atoms with Crippen LogP contribution in [0.2, 0.25) is 0 Å². The number of piperidine rings is 1. The lowest BCUT2D eigenvalue weighted by atomic mass is 9.98. The summed E-state index contributed by atoms with van der Waals surface area (Å²) in [5.74, 6) is -4.07. The van der Waals surface area contributed by atoms with Gasteiger partial charge in [0.1, 0.15) is 0 Å². The number of H-pyrrole nitrogens is 1. The molecule has 9 nitrogen and oxygen atoms in total. The summed E-state index contributed by atoms with van der Waals surface area (Å²) >= 11 is 0. The summed E-state index contributed by atoms with van der Waals surface area (Å²) in [5.41, 5.74) is 0.356. The molecule has 2 aliphatic heterocycles. The van der Waals surface area contributed by atoms with Gasteiger partial charge in [0.25, 0.3) is 11.8 Å². The average molecular weight is 505 g/mol. The molecule has 0 radical (unpaired) electrons. The number of hydrogen-bond acceptors (Lipinski definition) is 4. The smallest absolute Gasteiger partial charge is 0.378 e. The number of alkyl halides is 2. The molecule has 2 amide bonds. The normalized spacial score (nSPS) is 23.2. The Morgan fingerprint density at radius 1 is 1.22 bits per heavy atom. The molecular weight excluding hydrogens is 472 g/mol. The van der Waals surface area contributed by atoms with Crippen molar-refractivity contribution in [2.45, 2.75) is 89.9 Å². The van der Waals surface area contributed by atoms with Crippen molar-refractivity contribution in [1.82, 2.24) is 19.8 Å². The van der Waals surface area contributed by atoms with Gasteiger partial charge in [-0.05, 0) is 44.6 Å². The van der Waals surface area contributed by atoms with Gasteiger partial charge in [-0.1, -0.05) is 18.4 Å². The van der Waals surface area contributed by atoms with Crippen LogP contribution in [0.4, 0.5) is 8.78 Å². The number of aromatic hydroxyl groups is 1. The highest BCUT2D eigenvalue weighted by molar-refractivity contribution is 5.96. The van der Waals surface area contributed by atoms with Gasteiger partial charge >= 0.3 is 17.1 Å². The van der Waals surface area contributed by atoms with Crippen molar-refractivity contribution in [3.05, 3.63) is 33.3 Å². The van der Waals surface area contributed by atoms with Crippen LogP contribution in [0.15, 0.2) is 10.9 Å². The fourth-order valence-corrected chi connectivity index (χ4v) is 5.58. The lowest BCUT2D eigenvalue weighted by Crippen LogP contribution is -2.49. The number of halogens is 2. The summed E-state index contributed by atoms with van der Waals surface area (Å²) in [6.07, 6.45) is 5.06. The van der Waals surface area contributed by atoms with Crippen LogP contribution in [0.1, 0.15) is 74.0 Å². The van der Waals surface area contributed by atoms with E-state index in [0.717, 1.165) is 12.8 Å². The summed E-state index contributed by atoms with van der Waals surface area (Å²) in [6.45, 7) is 5.93. The van der Waals surface area contributed by atoms with Gasteiger partial charge in [0.2, 0.25) is 11.5 Å². The summed E-state index contributed by atoms with van der Waals surface area (Å²) in [6, 6.07) is -0.953. The Labute approximate surface area is 206 Å². The third-order valence-electron chi connectivity index (χ3n) is 7.31. The Balaban J connectivity index is 1.55. The molecule has 0 aromatic carbocycles. The number of nitrogens with zero attached hydrogens (tertiary/aromatic N) is 3. The Kier molecular flexibility index (Phi) is 5.91. The van der Waals surface area contributed by atoms with Crippen molar-refractivity contribution in [2.24, 2.45) is 5.92 Å². The van der Waals surface area contributed by atoms with Crippen molar-refractivity contribution in [3.63, 3.8) is 0 Å². The minimum absolute atomic E-state index is 0.00969. The highest BCUT2D eigenvalue weighted by Crippen LogP contribution is 2.43. The van der Waals surface area contributed by atoms with E-state index in [4.69, 9.17) is 0 Å². The maximum atomic E-state index is 14.0. The molecule has 2 bridgehead atoms. The van der Waals surface area contributed by atoms with Crippen LogP contribution < -0.4 is 15.4 Å². The molecule has 4 heterocycles. The van der Waals surface area contributed by atoms with Crippen molar-refractivity contribution in [3.8, 4) is 5.88 Å². The van der Waals surface area contributed by atoms with Crippen molar-refractivity contribution >= 4 is 23.5 Å². The Hall–Kier alpha value is -3.24. The Morgan fingerprint density at radius 3 is 2.44 bits per heavy atom. The Morgan fingerprint density at radius 2 is 1.86 bits per heavy atom. The topological polar surface area (TPSA) is 111 Å². The highest BCUT2D eigenvalue weighted by atomic mass is 19.3. The van der Waals surface area contributed by atoms with Gasteiger partial charge in [-0.2, -0.15) is 4.57 Å². The van der Waals surface area contributed by atoms with Crippen molar-refractivity contribution in [2.75, 3.05) is 0 Å². The standard InChI is InChI=1S/C25H31F2N5O4/c1-13(2)12-30-22-18(8-9-19(33)31-16-6-7-17(31)11-25(26,27)10-16)14(3)29-32(22)24(36)20(23(30)35)21(34)28-15-4-5-15/h8-9,13,15-17H,4-7,10-12H2,1-3H3,(H2,28,34,35,36)/p+1/b9-8+. The predicted octanol–water partition coefficient (Wildman–Crippen LogP) is 2.28. The van der Waals surface area contributed by atoms with Crippen molar-refractivity contribution in [1.29, 1.82) is 0 Å². The molecule has 2 aromatic heterocycles. The van der Waals surface area contributed by atoms with E-state index in [1.165, 1.54) is 15.2 Å². The third kappa shape index (κ3) is 4.28. The summed E-state index contributed by atoms with van der Waals surface area (Å²) in [7, 11) is 0. The maximum Gasteiger partial charge on any atom is 0.378 e. The molecule has 11 heteroatoms. The average Bonchev–Trinajstić information content (AvgIpc) is 3.45. The number of aryl methyl sites for hydroxylation is 1. The third-order valence-corrected chi connectivity index (χ3v) is 7.31. The van der Waals surface area contributed by atoms with Gasteiger partial charge in [0.05, 0.1) is 17.8 Å². The number of rotatable bonds is 6. The van der Waals surface area contributed by atoms with E-state index < -0.39 is 35.4 Å². The zero-order valence-corrected chi connectivity index (χ0v) is 20.7. The minimum atomic E-state index is -2.75. The second kappa shape index (κ2) is 8.70. The van der Waals surface area contributed by atoms with E-state index >= 15 is 0 Å². The number of amides is 2. The van der Waals surface area contributed by atoms with Gasteiger partial charge in [0, 0.05) is 37.0 Å². The van der Waals surface area contributed by atoms with E-state index in [2.05, 4.69) is 10.4 Å². The molecule has 5 rings (SSSR count). The predicted molar refractivity (Wildman–Crippen MR) is 127 cm³/mol. The number of carbonyl (C=O) groups is 2. The summed E-state index contributed by atoms with van der Waals surface area (Å²) < 4.78 is 30.6. The lowest BCUT2D eigenvalue weighted by Gasteiger charge is -2.38. The number of nitrogens with one attached hydrogen (secondary N) is 2. The molecule has 2 aromatic rings. The first-order valence-corrected chi connectivity index (χ1v) is 12.6. The SMILES string of the molecule is Cc1[nH]n2c(=O)c(C(=O)NC3CC3)c(O)[n+](CC(C)C)c2c1/C=C/C(=O)N1C2CCC1CC(F)(F)C2. The zero-order valence-electron chi connectivity index (χ0n) is 20.7. The molecule has 1 aliphatic carbocycles. The van der Waals surface area contributed by atoms with Gasteiger partial charge in [-0.3, -0.25) is 9.59 Å². The second-order valence-electron chi connectivity index (χ2n) is 10.8. The molecule has 3 fully saturated rings. The summed E-state index contributed by atoms with van der Waals surface area (Å²) in [4.78, 5) is 40.7. The fraction of sp³-hybridized carbons (Fsp3) is 0.600. The van der Waals surface area contributed by atoms with Crippen molar-refractivity contribution < 1.29 is 28.0 Å². The zero-order chi connectivity index (χ0) is 25.9. The maximum absolute atomic E-state index is 14.0. The molecule has 2 atom stereocenters. The molecule has 1 saturated carbocycles. The molecule has 36 heavy (non-hydrogen) atoms.